The van der Waals surface area contributed by atoms with Gasteiger partial charge in [0.15, 0.2) is 5.13 Å². The van der Waals surface area contributed by atoms with E-state index in [1.165, 1.54) is 11.3 Å². The predicted molar refractivity (Wildman–Crippen MR) is 110 cm³/mol. The number of carbonyl (C=O) groups excluding carboxylic acids is 3. The first kappa shape index (κ1) is 23.4. The van der Waals surface area contributed by atoms with Crippen molar-refractivity contribution >= 4 is 34.2 Å². The van der Waals surface area contributed by atoms with Gasteiger partial charge in [0, 0.05) is 18.0 Å². The molecule has 0 aliphatic carbocycles. The summed E-state index contributed by atoms with van der Waals surface area (Å²) in [5.41, 5.74) is 0.709. The van der Waals surface area contributed by atoms with Gasteiger partial charge in [0.25, 0.3) is 0 Å². The zero-order valence-corrected chi connectivity index (χ0v) is 17.6. The van der Waals surface area contributed by atoms with Crippen LogP contribution in [0, 0.1) is 11.6 Å². The highest BCUT2D eigenvalue weighted by atomic mass is 32.1. The number of nitrogens with one attached hydrogen (secondary N) is 3. The summed E-state index contributed by atoms with van der Waals surface area (Å²) in [6, 6.07) is 2.05. The number of hydrogen-bond donors (Lipinski definition) is 3. The molecule has 30 heavy (non-hydrogen) atoms. The summed E-state index contributed by atoms with van der Waals surface area (Å²) in [5.74, 6) is -2.68. The van der Waals surface area contributed by atoms with Crippen LogP contribution in [0.4, 0.5) is 13.9 Å². The van der Waals surface area contributed by atoms with Crippen LogP contribution in [0.3, 0.4) is 0 Å². The molecule has 10 heteroatoms. The molecule has 0 saturated heterocycles. The van der Waals surface area contributed by atoms with Crippen molar-refractivity contribution in [2.75, 3.05) is 11.9 Å². The number of carbonyl (C=O) groups is 3. The van der Waals surface area contributed by atoms with Gasteiger partial charge in [-0.15, -0.1) is 11.3 Å². The summed E-state index contributed by atoms with van der Waals surface area (Å²) < 4.78 is 26.6. The Bertz CT molecular complexity index is 884. The van der Waals surface area contributed by atoms with Gasteiger partial charge in [-0.3, -0.25) is 14.4 Å². The molecule has 2 rings (SSSR count). The molecule has 3 amide bonds. The van der Waals surface area contributed by atoms with Crippen LogP contribution >= 0.6 is 11.3 Å². The van der Waals surface area contributed by atoms with Crippen molar-refractivity contribution in [1.29, 1.82) is 0 Å². The molecule has 0 radical (unpaired) electrons. The fourth-order valence-corrected chi connectivity index (χ4v) is 3.48. The van der Waals surface area contributed by atoms with Crippen LogP contribution in [0.2, 0.25) is 0 Å². The minimum absolute atomic E-state index is 0.111. The zero-order valence-electron chi connectivity index (χ0n) is 16.8. The highest BCUT2D eigenvalue weighted by Gasteiger charge is 2.21. The monoisotopic (exact) mass is 438 g/mol. The number of benzene rings is 1. The van der Waals surface area contributed by atoms with E-state index in [0.29, 0.717) is 30.2 Å². The molecule has 0 spiro atoms. The van der Waals surface area contributed by atoms with E-state index in [1.54, 1.807) is 5.38 Å². The Morgan fingerprint density at radius 1 is 1.07 bits per heavy atom. The van der Waals surface area contributed by atoms with Gasteiger partial charge in [-0.1, -0.05) is 13.3 Å². The first-order valence-electron chi connectivity index (χ1n) is 9.57. The molecule has 7 nitrogen and oxygen atoms in total. The fraction of sp³-hybridized carbons (Fsp3) is 0.400. The van der Waals surface area contributed by atoms with Gasteiger partial charge < -0.3 is 16.0 Å². The molecular weight excluding hydrogens is 414 g/mol. The lowest BCUT2D eigenvalue weighted by molar-refractivity contribution is -0.126. The van der Waals surface area contributed by atoms with Crippen molar-refractivity contribution < 1.29 is 23.2 Å². The number of amides is 3. The predicted octanol–water partition coefficient (Wildman–Crippen LogP) is 2.57. The van der Waals surface area contributed by atoms with E-state index in [2.05, 4.69) is 20.9 Å². The lowest BCUT2D eigenvalue weighted by atomic mass is 10.1. The number of thiazole rings is 1. The first-order valence-corrected chi connectivity index (χ1v) is 10.4. The SMILES string of the molecule is CCCC(NC(=O)Cc1cc(F)cc(F)c1)C(=O)Nc1nc(CC(=O)NCC)cs1. The average Bonchev–Trinajstić information content (AvgIpc) is 3.07. The molecule has 3 N–H and O–H groups in total. The molecule has 1 heterocycles. The van der Waals surface area contributed by atoms with Crippen molar-refractivity contribution in [1.82, 2.24) is 15.6 Å². The summed E-state index contributed by atoms with van der Waals surface area (Å²) in [5, 5.41) is 9.91. The van der Waals surface area contributed by atoms with Crippen molar-refractivity contribution in [2.24, 2.45) is 0 Å². The molecule has 0 fully saturated rings. The number of halogens is 2. The highest BCUT2D eigenvalue weighted by Crippen LogP contribution is 2.17. The van der Waals surface area contributed by atoms with Crippen molar-refractivity contribution in [2.45, 2.75) is 45.6 Å². The second-order valence-electron chi connectivity index (χ2n) is 6.63. The first-order chi connectivity index (χ1) is 14.3. The van der Waals surface area contributed by atoms with Crippen LogP contribution in [-0.4, -0.2) is 35.3 Å². The number of aromatic nitrogens is 1. The molecule has 162 valence electrons. The van der Waals surface area contributed by atoms with Gasteiger partial charge >= 0.3 is 0 Å². The molecule has 0 aliphatic heterocycles. The summed E-state index contributed by atoms with van der Waals surface area (Å²) in [7, 11) is 0. The molecule has 1 aromatic heterocycles. The molecule has 0 bridgehead atoms. The molecule has 1 unspecified atom stereocenters. The molecule has 0 saturated carbocycles. The molecule has 1 aromatic carbocycles. The van der Waals surface area contributed by atoms with Crippen LogP contribution in [0.1, 0.15) is 37.9 Å². The van der Waals surface area contributed by atoms with E-state index in [1.807, 2.05) is 13.8 Å². The van der Waals surface area contributed by atoms with Gasteiger partial charge in [0.2, 0.25) is 17.7 Å². The standard InChI is InChI=1S/C20H24F2N4O3S/c1-3-5-16(25-18(28)8-12-6-13(21)9-14(22)7-12)19(29)26-20-24-15(11-30-20)10-17(27)23-4-2/h6-7,9,11,16H,3-5,8,10H2,1-2H3,(H,23,27)(H,25,28)(H,24,26,29). The Hall–Kier alpha value is -2.88. The molecule has 0 aliphatic rings. The third-order valence-corrected chi connectivity index (χ3v) is 4.82. The van der Waals surface area contributed by atoms with Crippen molar-refractivity contribution in [3.8, 4) is 0 Å². The second kappa shape index (κ2) is 11.3. The number of rotatable bonds is 10. The third kappa shape index (κ3) is 7.51. The minimum atomic E-state index is -0.823. The largest absolute Gasteiger partial charge is 0.356 e. The van der Waals surface area contributed by atoms with Gasteiger partial charge in [-0.2, -0.15) is 0 Å². The number of likely N-dealkylation sites (N-methyl/N-ethyl adjacent to an activating group) is 1. The van der Waals surface area contributed by atoms with E-state index in [4.69, 9.17) is 0 Å². The minimum Gasteiger partial charge on any atom is -0.356 e. The van der Waals surface area contributed by atoms with Gasteiger partial charge in [0.05, 0.1) is 18.5 Å². The molecular formula is C20H24F2N4O3S. The Morgan fingerprint density at radius 2 is 1.77 bits per heavy atom. The highest BCUT2D eigenvalue weighted by molar-refractivity contribution is 7.13. The Labute approximate surface area is 177 Å². The Morgan fingerprint density at radius 3 is 2.40 bits per heavy atom. The molecule has 1 atom stereocenters. The number of hydrogen-bond acceptors (Lipinski definition) is 5. The van der Waals surface area contributed by atoms with Crippen molar-refractivity contribution in [3.05, 3.63) is 46.5 Å². The maximum atomic E-state index is 13.3. The van der Waals surface area contributed by atoms with Gasteiger partial charge in [-0.25, -0.2) is 13.8 Å². The van der Waals surface area contributed by atoms with E-state index in [9.17, 15) is 23.2 Å². The lowest BCUT2D eigenvalue weighted by Crippen LogP contribution is -2.44. The van der Waals surface area contributed by atoms with E-state index in [0.717, 1.165) is 18.2 Å². The van der Waals surface area contributed by atoms with E-state index < -0.39 is 29.5 Å². The quantitative estimate of drug-likeness (QED) is 0.531. The Kier molecular flexibility index (Phi) is 8.85. The summed E-state index contributed by atoms with van der Waals surface area (Å²) >= 11 is 1.18. The third-order valence-electron chi connectivity index (χ3n) is 4.01. The van der Waals surface area contributed by atoms with Crippen LogP contribution in [0.15, 0.2) is 23.6 Å². The molecule has 2 aromatic rings. The lowest BCUT2D eigenvalue weighted by Gasteiger charge is -2.17. The smallest absolute Gasteiger partial charge is 0.248 e. The summed E-state index contributed by atoms with van der Waals surface area (Å²) in [6.45, 7) is 4.20. The van der Waals surface area contributed by atoms with Gasteiger partial charge in [0.1, 0.15) is 17.7 Å². The van der Waals surface area contributed by atoms with Crippen LogP contribution in [-0.2, 0) is 27.2 Å². The number of anilines is 1. The normalized spacial score (nSPS) is 11.6. The van der Waals surface area contributed by atoms with Gasteiger partial charge in [-0.05, 0) is 31.0 Å². The second-order valence-corrected chi connectivity index (χ2v) is 7.48. The summed E-state index contributed by atoms with van der Waals surface area (Å²) in [6.07, 6.45) is 0.870. The van der Waals surface area contributed by atoms with E-state index in [-0.39, 0.29) is 24.3 Å². The van der Waals surface area contributed by atoms with Crippen LogP contribution in [0.25, 0.3) is 0 Å². The van der Waals surface area contributed by atoms with Crippen molar-refractivity contribution in [3.63, 3.8) is 0 Å². The zero-order chi connectivity index (χ0) is 22.1. The maximum absolute atomic E-state index is 13.3. The summed E-state index contributed by atoms with van der Waals surface area (Å²) in [4.78, 5) is 40.7. The van der Waals surface area contributed by atoms with Crippen LogP contribution < -0.4 is 16.0 Å². The topological polar surface area (TPSA) is 100 Å². The van der Waals surface area contributed by atoms with E-state index >= 15 is 0 Å². The van der Waals surface area contributed by atoms with Crippen LogP contribution in [0.5, 0.6) is 0 Å². The average molecular weight is 439 g/mol. The fourth-order valence-electron chi connectivity index (χ4n) is 2.76. The Balaban J connectivity index is 1.96. The maximum Gasteiger partial charge on any atom is 0.248 e. The number of nitrogens with zero attached hydrogens (tertiary/aromatic N) is 1.